The van der Waals surface area contributed by atoms with E-state index in [-0.39, 0.29) is 0 Å². The minimum atomic E-state index is -4.54. The van der Waals surface area contributed by atoms with Crippen molar-refractivity contribution in [2.24, 2.45) is 5.73 Å². The van der Waals surface area contributed by atoms with Gasteiger partial charge in [-0.05, 0) is 12.1 Å². The molecule has 0 amide bonds. The molecule has 72 valence electrons. The zero-order valence-electron chi connectivity index (χ0n) is 6.53. The summed E-state index contributed by atoms with van der Waals surface area (Å²) in [5.74, 6) is -0.919. The van der Waals surface area contributed by atoms with E-state index in [4.69, 9.17) is 5.73 Å². The van der Waals surface area contributed by atoms with Gasteiger partial charge >= 0.3 is 6.18 Å². The van der Waals surface area contributed by atoms with Gasteiger partial charge in [-0.25, -0.2) is 4.39 Å². The van der Waals surface area contributed by atoms with Gasteiger partial charge in [-0.15, -0.1) is 0 Å². The summed E-state index contributed by atoms with van der Waals surface area (Å²) in [6, 6.07) is 2.78. The summed E-state index contributed by atoms with van der Waals surface area (Å²) in [5.41, 5.74) is 3.51. The van der Waals surface area contributed by atoms with Crippen LogP contribution in [-0.4, -0.2) is 0 Å². The highest BCUT2D eigenvalue weighted by atomic mass is 19.4. The van der Waals surface area contributed by atoms with Crippen molar-refractivity contribution in [1.82, 2.24) is 0 Å². The molecule has 0 aliphatic carbocycles. The van der Waals surface area contributed by atoms with Crippen molar-refractivity contribution in [2.75, 3.05) is 0 Å². The summed E-state index contributed by atoms with van der Waals surface area (Å²) in [4.78, 5) is 0. The zero-order valence-corrected chi connectivity index (χ0v) is 6.53. The lowest BCUT2D eigenvalue weighted by Crippen LogP contribution is -2.13. The fourth-order valence-corrected chi connectivity index (χ4v) is 1.03. The molecule has 0 radical (unpaired) electrons. The maximum atomic E-state index is 12.8. The van der Waals surface area contributed by atoms with Crippen LogP contribution in [0.4, 0.5) is 17.6 Å². The second-order valence-corrected chi connectivity index (χ2v) is 2.47. The van der Waals surface area contributed by atoms with Gasteiger partial charge in [-0.2, -0.15) is 13.2 Å². The number of hydrogen-bond acceptors (Lipinski definition) is 1. The smallest absolute Gasteiger partial charge is 0.326 e. The lowest BCUT2D eigenvalue weighted by molar-refractivity contribution is -0.138. The first-order chi connectivity index (χ1) is 5.96. The van der Waals surface area contributed by atoms with Crippen LogP contribution < -0.4 is 5.73 Å². The van der Waals surface area contributed by atoms with Gasteiger partial charge < -0.3 is 5.73 Å². The highest BCUT2D eigenvalue weighted by Crippen LogP contribution is 2.32. The highest BCUT2D eigenvalue weighted by molar-refractivity contribution is 5.30. The van der Waals surface area contributed by atoms with Crippen molar-refractivity contribution in [3.63, 3.8) is 0 Å². The molecule has 0 bridgehead atoms. The number of nitrogens with two attached hydrogens (primary N) is 1. The Morgan fingerprint density at radius 1 is 1.23 bits per heavy atom. The van der Waals surface area contributed by atoms with Crippen LogP contribution in [0.25, 0.3) is 0 Å². The van der Waals surface area contributed by atoms with E-state index < -0.39 is 29.7 Å². The Bertz CT molecular complexity index is 306. The van der Waals surface area contributed by atoms with Gasteiger partial charge in [0.05, 0.1) is 5.56 Å². The molecule has 1 nitrogen and oxygen atoms in total. The van der Waals surface area contributed by atoms with Gasteiger partial charge in [0.15, 0.2) is 0 Å². The third-order valence-corrected chi connectivity index (χ3v) is 1.63. The molecule has 0 atom stereocenters. The van der Waals surface area contributed by atoms with Gasteiger partial charge in [0, 0.05) is 12.1 Å². The summed E-state index contributed by atoms with van der Waals surface area (Å²) < 4.78 is 49.4. The summed E-state index contributed by atoms with van der Waals surface area (Å²) in [6.07, 6.45) is -4.54. The molecule has 0 heterocycles. The molecule has 0 aromatic heterocycles. The van der Waals surface area contributed by atoms with Crippen molar-refractivity contribution < 1.29 is 17.6 Å². The van der Waals surface area contributed by atoms with Crippen LogP contribution in [-0.2, 0) is 12.7 Å². The molecular formula is C8H7F4N. The quantitative estimate of drug-likeness (QED) is 0.680. The first kappa shape index (κ1) is 9.98. The molecule has 1 aromatic carbocycles. The van der Waals surface area contributed by atoms with E-state index in [1.165, 1.54) is 0 Å². The van der Waals surface area contributed by atoms with E-state index in [9.17, 15) is 17.6 Å². The van der Waals surface area contributed by atoms with Crippen LogP contribution >= 0.6 is 0 Å². The summed E-state index contributed by atoms with van der Waals surface area (Å²) in [5, 5.41) is 0. The summed E-state index contributed by atoms with van der Waals surface area (Å²) in [6.45, 7) is -0.457. The van der Waals surface area contributed by atoms with Crippen molar-refractivity contribution in [2.45, 2.75) is 12.7 Å². The van der Waals surface area contributed by atoms with Crippen LogP contribution in [0.15, 0.2) is 18.2 Å². The van der Waals surface area contributed by atoms with Crippen molar-refractivity contribution in [3.8, 4) is 0 Å². The molecule has 0 unspecified atom stereocenters. The van der Waals surface area contributed by atoms with Crippen molar-refractivity contribution in [3.05, 3.63) is 35.1 Å². The number of benzene rings is 1. The topological polar surface area (TPSA) is 26.0 Å². The maximum absolute atomic E-state index is 12.8. The molecule has 0 saturated carbocycles. The number of alkyl halides is 3. The molecule has 1 rings (SSSR count). The number of rotatable bonds is 1. The predicted molar refractivity (Wildman–Crippen MR) is 39.3 cm³/mol. The van der Waals surface area contributed by atoms with Crippen molar-refractivity contribution in [1.29, 1.82) is 0 Å². The average Bonchev–Trinajstić information content (AvgIpc) is 2.02. The highest BCUT2D eigenvalue weighted by Gasteiger charge is 2.33. The van der Waals surface area contributed by atoms with Crippen molar-refractivity contribution >= 4 is 0 Å². The SMILES string of the molecule is NCc1c(F)cccc1C(F)(F)F. The molecule has 0 aliphatic heterocycles. The zero-order chi connectivity index (χ0) is 10.1. The second kappa shape index (κ2) is 3.33. The van der Waals surface area contributed by atoms with Crippen LogP contribution in [0.1, 0.15) is 11.1 Å². The summed E-state index contributed by atoms with van der Waals surface area (Å²) >= 11 is 0. The molecule has 0 saturated heterocycles. The Morgan fingerprint density at radius 2 is 1.85 bits per heavy atom. The van der Waals surface area contributed by atoms with E-state index in [0.717, 1.165) is 18.2 Å². The largest absolute Gasteiger partial charge is 0.416 e. The van der Waals surface area contributed by atoms with Crippen LogP contribution in [0.3, 0.4) is 0 Å². The minimum absolute atomic E-state index is 0.457. The number of hydrogen-bond donors (Lipinski definition) is 1. The molecular weight excluding hydrogens is 186 g/mol. The monoisotopic (exact) mass is 193 g/mol. The van der Waals surface area contributed by atoms with Crippen LogP contribution in [0.2, 0.25) is 0 Å². The molecule has 0 aliphatic rings. The molecule has 13 heavy (non-hydrogen) atoms. The Morgan fingerprint density at radius 3 is 2.23 bits per heavy atom. The van der Waals surface area contributed by atoms with E-state index in [0.29, 0.717) is 0 Å². The van der Waals surface area contributed by atoms with Gasteiger partial charge in [0.2, 0.25) is 0 Å². The van der Waals surface area contributed by atoms with E-state index in [1.54, 1.807) is 0 Å². The number of halogens is 4. The second-order valence-electron chi connectivity index (χ2n) is 2.47. The lowest BCUT2D eigenvalue weighted by atomic mass is 10.1. The molecule has 0 fully saturated rings. The molecule has 1 aromatic rings. The minimum Gasteiger partial charge on any atom is -0.326 e. The van der Waals surface area contributed by atoms with E-state index in [1.807, 2.05) is 0 Å². The van der Waals surface area contributed by atoms with E-state index in [2.05, 4.69) is 0 Å². The van der Waals surface area contributed by atoms with Gasteiger partial charge in [-0.1, -0.05) is 6.07 Å². The molecule has 2 N–H and O–H groups in total. The molecule has 0 spiro atoms. The first-order valence-corrected chi connectivity index (χ1v) is 3.51. The Balaban J connectivity index is 3.29. The Kier molecular flexibility index (Phi) is 2.56. The van der Waals surface area contributed by atoms with E-state index >= 15 is 0 Å². The average molecular weight is 193 g/mol. The van der Waals surface area contributed by atoms with Gasteiger partial charge in [-0.3, -0.25) is 0 Å². The fraction of sp³-hybridized carbons (Fsp3) is 0.250. The van der Waals surface area contributed by atoms with Gasteiger partial charge in [0.1, 0.15) is 5.82 Å². The normalized spacial score (nSPS) is 11.8. The summed E-state index contributed by atoms with van der Waals surface area (Å²) in [7, 11) is 0. The van der Waals surface area contributed by atoms with Crippen LogP contribution in [0.5, 0.6) is 0 Å². The first-order valence-electron chi connectivity index (χ1n) is 3.51. The lowest BCUT2D eigenvalue weighted by Gasteiger charge is -2.11. The standard InChI is InChI=1S/C8H7F4N/c9-7-3-1-2-6(5(7)4-13)8(10,11)12/h1-3H,4,13H2. The van der Waals surface area contributed by atoms with Crippen LogP contribution in [0, 0.1) is 5.82 Å². The Labute approximate surface area is 72.2 Å². The predicted octanol–water partition coefficient (Wildman–Crippen LogP) is 2.30. The fourth-order valence-electron chi connectivity index (χ4n) is 1.03. The third-order valence-electron chi connectivity index (χ3n) is 1.63. The maximum Gasteiger partial charge on any atom is 0.416 e. The molecule has 5 heteroatoms. The van der Waals surface area contributed by atoms with Gasteiger partial charge in [0.25, 0.3) is 0 Å². The Hall–Kier alpha value is -1.10. The third kappa shape index (κ3) is 1.98.